The molecule has 0 aliphatic rings. The van der Waals surface area contributed by atoms with Crippen LogP contribution in [-0.2, 0) is 5.75 Å². The molecule has 0 unspecified atom stereocenters. The molecule has 0 N–H and O–H groups in total. The first-order valence-corrected chi connectivity index (χ1v) is 10.6. The Balaban J connectivity index is 1.74. The minimum Gasteiger partial charge on any atom is -0.493 e. The van der Waals surface area contributed by atoms with Crippen LogP contribution in [0.25, 0.3) is 17.1 Å². The topological polar surface area (TPSA) is 73.0 Å². The summed E-state index contributed by atoms with van der Waals surface area (Å²) in [7, 11) is 3.22. The lowest BCUT2D eigenvalue weighted by Crippen LogP contribution is -2.00. The summed E-state index contributed by atoms with van der Waals surface area (Å²) >= 11 is 1.57. The fraction of sp³-hybridized carbons (Fsp3) is 0.125. The van der Waals surface area contributed by atoms with Crippen molar-refractivity contribution in [3.8, 4) is 34.6 Å². The van der Waals surface area contributed by atoms with Crippen molar-refractivity contribution in [1.29, 1.82) is 5.26 Å². The largest absolute Gasteiger partial charge is 0.493 e. The summed E-state index contributed by atoms with van der Waals surface area (Å²) in [6.07, 6.45) is 0. The average Bonchev–Trinajstić information content (AvgIpc) is 3.27. The Morgan fingerprint density at radius 3 is 2.45 bits per heavy atom. The maximum Gasteiger partial charge on any atom is 0.196 e. The fourth-order valence-electron chi connectivity index (χ4n) is 3.21. The lowest BCUT2D eigenvalue weighted by atomic mass is 10.2. The third kappa shape index (κ3) is 4.39. The number of nitrogens with zero attached hydrogens (tertiary/aromatic N) is 4. The number of benzene rings is 3. The molecule has 31 heavy (non-hydrogen) atoms. The summed E-state index contributed by atoms with van der Waals surface area (Å²) in [4.78, 5) is 0. The summed E-state index contributed by atoms with van der Waals surface area (Å²) < 4.78 is 12.9. The number of hydrogen-bond donors (Lipinski definition) is 0. The fourth-order valence-corrected chi connectivity index (χ4v) is 4.11. The van der Waals surface area contributed by atoms with E-state index < -0.39 is 0 Å². The Labute approximate surface area is 185 Å². The minimum atomic E-state index is 0.630. The predicted molar refractivity (Wildman–Crippen MR) is 121 cm³/mol. The number of nitriles is 1. The van der Waals surface area contributed by atoms with Crippen LogP contribution < -0.4 is 9.47 Å². The molecule has 0 aliphatic carbocycles. The van der Waals surface area contributed by atoms with Crippen LogP contribution in [-0.4, -0.2) is 29.0 Å². The highest BCUT2D eigenvalue weighted by molar-refractivity contribution is 7.98. The third-order valence-electron chi connectivity index (χ3n) is 4.71. The van der Waals surface area contributed by atoms with Gasteiger partial charge >= 0.3 is 0 Å². The molecule has 6 nitrogen and oxygen atoms in total. The van der Waals surface area contributed by atoms with Gasteiger partial charge in [-0.2, -0.15) is 5.26 Å². The molecule has 0 amide bonds. The third-order valence-corrected chi connectivity index (χ3v) is 5.71. The molecule has 0 spiro atoms. The van der Waals surface area contributed by atoms with Crippen LogP contribution in [0.4, 0.5) is 0 Å². The second kappa shape index (κ2) is 9.37. The molecule has 0 fully saturated rings. The van der Waals surface area contributed by atoms with Crippen molar-refractivity contribution in [2.24, 2.45) is 0 Å². The van der Waals surface area contributed by atoms with Gasteiger partial charge in [0.1, 0.15) is 0 Å². The van der Waals surface area contributed by atoms with Crippen LogP contribution in [0.5, 0.6) is 11.5 Å². The first-order valence-electron chi connectivity index (χ1n) is 9.58. The van der Waals surface area contributed by atoms with Crippen molar-refractivity contribution >= 4 is 11.8 Å². The van der Waals surface area contributed by atoms with Gasteiger partial charge in [-0.25, -0.2) is 0 Å². The van der Waals surface area contributed by atoms with Crippen LogP contribution in [0.2, 0.25) is 0 Å². The highest BCUT2D eigenvalue weighted by atomic mass is 32.2. The number of aromatic nitrogens is 3. The Morgan fingerprint density at radius 1 is 0.903 bits per heavy atom. The van der Waals surface area contributed by atoms with Crippen LogP contribution in [0.1, 0.15) is 11.1 Å². The number of methoxy groups -OCH3 is 2. The van der Waals surface area contributed by atoms with Gasteiger partial charge in [0.05, 0.1) is 25.9 Å². The molecular formula is C24H20N4O2S. The van der Waals surface area contributed by atoms with E-state index in [1.165, 1.54) is 0 Å². The van der Waals surface area contributed by atoms with Crippen molar-refractivity contribution < 1.29 is 9.47 Å². The van der Waals surface area contributed by atoms with Crippen LogP contribution >= 0.6 is 11.8 Å². The average molecular weight is 429 g/mol. The summed E-state index contributed by atoms with van der Waals surface area (Å²) in [5.74, 6) is 2.67. The lowest BCUT2D eigenvalue weighted by molar-refractivity contribution is 0.355. The van der Waals surface area contributed by atoms with Crippen molar-refractivity contribution in [1.82, 2.24) is 14.8 Å². The molecule has 4 rings (SSSR count). The van der Waals surface area contributed by atoms with Gasteiger partial charge in [-0.15, -0.1) is 10.2 Å². The summed E-state index contributed by atoms with van der Waals surface area (Å²) in [6, 6.07) is 25.5. The molecule has 0 bridgehead atoms. The van der Waals surface area contributed by atoms with E-state index in [9.17, 15) is 0 Å². The molecule has 0 aliphatic heterocycles. The van der Waals surface area contributed by atoms with E-state index in [2.05, 4.69) is 16.3 Å². The van der Waals surface area contributed by atoms with E-state index in [1.54, 1.807) is 32.0 Å². The van der Waals surface area contributed by atoms with E-state index in [0.29, 0.717) is 28.6 Å². The Bertz CT molecular complexity index is 1230. The van der Waals surface area contributed by atoms with Gasteiger partial charge in [0.25, 0.3) is 0 Å². The summed E-state index contributed by atoms with van der Waals surface area (Å²) in [5, 5.41) is 18.9. The highest BCUT2D eigenvalue weighted by Gasteiger charge is 2.18. The number of thioether (sulfide) groups is 1. The number of rotatable bonds is 7. The van der Waals surface area contributed by atoms with E-state index in [1.807, 2.05) is 71.3 Å². The van der Waals surface area contributed by atoms with Gasteiger partial charge in [0, 0.05) is 17.0 Å². The SMILES string of the molecule is COc1ccc(-c2nnc(SCc3cccc(C#N)c3)n2-c2ccccc2)cc1OC. The Hall–Kier alpha value is -3.76. The molecule has 0 saturated carbocycles. The zero-order chi connectivity index (χ0) is 21.6. The van der Waals surface area contributed by atoms with Crippen molar-refractivity contribution in [2.45, 2.75) is 10.9 Å². The number of hydrogen-bond acceptors (Lipinski definition) is 6. The molecule has 7 heteroatoms. The minimum absolute atomic E-state index is 0.630. The standard InChI is InChI=1S/C24H20N4O2S/c1-29-21-12-11-19(14-22(21)30-2)23-26-27-24(28(23)20-9-4-3-5-10-20)31-16-18-8-6-7-17(13-18)15-25/h3-14H,16H2,1-2H3. The van der Waals surface area contributed by atoms with E-state index in [0.717, 1.165) is 22.0 Å². The Kier molecular flexibility index (Phi) is 6.20. The van der Waals surface area contributed by atoms with Gasteiger partial charge in [-0.3, -0.25) is 4.57 Å². The monoisotopic (exact) mass is 428 g/mol. The molecule has 0 saturated heterocycles. The van der Waals surface area contributed by atoms with Crippen LogP contribution in [0.3, 0.4) is 0 Å². The van der Waals surface area contributed by atoms with Crippen LogP contribution in [0.15, 0.2) is 78.0 Å². The van der Waals surface area contributed by atoms with E-state index >= 15 is 0 Å². The molecule has 1 heterocycles. The summed E-state index contributed by atoms with van der Waals surface area (Å²) in [5.41, 5.74) is 3.53. The molecule has 1 aromatic heterocycles. The van der Waals surface area contributed by atoms with Gasteiger partial charge in [0.15, 0.2) is 22.5 Å². The van der Waals surface area contributed by atoms with Crippen molar-refractivity contribution in [2.75, 3.05) is 14.2 Å². The van der Waals surface area contributed by atoms with Crippen molar-refractivity contribution in [3.05, 3.63) is 83.9 Å². The molecule has 154 valence electrons. The molecule has 4 aromatic rings. The van der Waals surface area contributed by atoms with E-state index in [-0.39, 0.29) is 0 Å². The molecule has 3 aromatic carbocycles. The Morgan fingerprint density at radius 2 is 1.71 bits per heavy atom. The first-order chi connectivity index (χ1) is 15.2. The maximum atomic E-state index is 9.15. The number of para-hydroxylation sites is 1. The van der Waals surface area contributed by atoms with Crippen molar-refractivity contribution in [3.63, 3.8) is 0 Å². The van der Waals surface area contributed by atoms with Gasteiger partial charge in [-0.1, -0.05) is 42.1 Å². The predicted octanol–water partition coefficient (Wildman–Crippen LogP) is 5.12. The molecular weight excluding hydrogens is 408 g/mol. The molecule has 0 atom stereocenters. The normalized spacial score (nSPS) is 10.5. The second-order valence-electron chi connectivity index (χ2n) is 6.65. The zero-order valence-electron chi connectivity index (χ0n) is 17.1. The number of ether oxygens (including phenoxy) is 2. The highest BCUT2D eigenvalue weighted by Crippen LogP contribution is 2.34. The maximum absolute atomic E-state index is 9.15. The van der Waals surface area contributed by atoms with Gasteiger partial charge in [0.2, 0.25) is 0 Å². The zero-order valence-corrected chi connectivity index (χ0v) is 18.0. The lowest BCUT2D eigenvalue weighted by Gasteiger charge is -2.12. The first kappa shape index (κ1) is 20.5. The van der Waals surface area contributed by atoms with Gasteiger partial charge < -0.3 is 9.47 Å². The van der Waals surface area contributed by atoms with Crippen LogP contribution in [0, 0.1) is 11.3 Å². The quantitative estimate of drug-likeness (QED) is 0.381. The smallest absolute Gasteiger partial charge is 0.196 e. The second-order valence-corrected chi connectivity index (χ2v) is 7.59. The summed E-state index contributed by atoms with van der Waals surface area (Å²) in [6.45, 7) is 0. The molecule has 0 radical (unpaired) electrons. The van der Waals surface area contributed by atoms with E-state index in [4.69, 9.17) is 14.7 Å². The van der Waals surface area contributed by atoms with Gasteiger partial charge in [-0.05, 0) is 48.0 Å².